The minimum absolute atomic E-state index is 0.0216. The van der Waals surface area contributed by atoms with Gasteiger partial charge in [0.25, 0.3) is 0 Å². The number of hydrogen-bond donors (Lipinski definition) is 2. The first-order valence-electron chi connectivity index (χ1n) is 9.30. The molecule has 0 saturated heterocycles. The minimum Gasteiger partial charge on any atom is -0.497 e. The fourth-order valence-electron chi connectivity index (χ4n) is 3.34. The molecule has 3 N–H and O–H groups in total. The summed E-state index contributed by atoms with van der Waals surface area (Å²) in [5.41, 5.74) is 5.54. The van der Waals surface area contributed by atoms with Crippen molar-refractivity contribution in [2.24, 2.45) is 11.1 Å². The van der Waals surface area contributed by atoms with E-state index in [1.807, 2.05) is 20.8 Å². The lowest BCUT2D eigenvalue weighted by Gasteiger charge is -2.57. The Labute approximate surface area is 165 Å². The number of hydrogen-bond acceptors (Lipinski definition) is 6. The van der Waals surface area contributed by atoms with Gasteiger partial charge in [-0.2, -0.15) is 0 Å². The lowest BCUT2D eigenvalue weighted by molar-refractivity contribution is -0.166. The molecule has 0 radical (unpaired) electrons. The zero-order valence-electron chi connectivity index (χ0n) is 16.7. The second-order valence-corrected chi connectivity index (χ2v) is 7.46. The first-order valence-corrected chi connectivity index (χ1v) is 9.30. The highest BCUT2D eigenvalue weighted by Crippen LogP contribution is 2.50. The van der Waals surface area contributed by atoms with E-state index >= 15 is 0 Å². The van der Waals surface area contributed by atoms with Crippen molar-refractivity contribution in [3.63, 3.8) is 0 Å². The fraction of sp³-hybridized carbons (Fsp3) is 0.429. The van der Waals surface area contributed by atoms with Crippen molar-refractivity contribution in [3.05, 3.63) is 42.6 Å². The number of aromatic nitrogens is 1. The number of pyridine rings is 1. The lowest BCUT2D eigenvalue weighted by Crippen LogP contribution is -2.74. The second-order valence-electron chi connectivity index (χ2n) is 7.46. The summed E-state index contributed by atoms with van der Waals surface area (Å²) in [5.74, 6) is 1.58. The van der Waals surface area contributed by atoms with E-state index in [0.717, 1.165) is 5.75 Å². The molecular weight excluding hydrogens is 358 g/mol. The maximum atomic E-state index is 12.8. The summed E-state index contributed by atoms with van der Waals surface area (Å²) >= 11 is 0. The predicted molar refractivity (Wildman–Crippen MR) is 107 cm³/mol. The van der Waals surface area contributed by atoms with E-state index in [4.69, 9.17) is 19.9 Å². The molecule has 0 spiro atoms. The van der Waals surface area contributed by atoms with E-state index in [9.17, 15) is 4.79 Å². The Bertz CT molecular complexity index is 821. The molecule has 150 valence electrons. The Hall–Kier alpha value is -2.64. The number of amides is 1. The molecule has 1 fully saturated rings. The average Bonchev–Trinajstić information content (AvgIpc) is 2.69. The van der Waals surface area contributed by atoms with Crippen LogP contribution >= 0.6 is 0 Å². The molecule has 1 aromatic heterocycles. The van der Waals surface area contributed by atoms with E-state index in [1.54, 1.807) is 49.7 Å². The standard InChI is InChI=1S/C21H27N3O4/c1-5-27-17-12-21(22,20(17,2)3)19(25)24-14-6-11-18(23-13-14)28-16-9-7-15(26-4)8-10-16/h6-11,13,17H,5,12,22H2,1-4H3,(H,24,25). The van der Waals surface area contributed by atoms with Crippen molar-refractivity contribution < 1.29 is 19.0 Å². The van der Waals surface area contributed by atoms with Crippen LogP contribution in [0.25, 0.3) is 0 Å². The van der Waals surface area contributed by atoms with Crippen molar-refractivity contribution >= 4 is 11.6 Å². The Kier molecular flexibility index (Phi) is 5.58. The third kappa shape index (κ3) is 3.68. The molecule has 3 rings (SSSR count). The number of benzene rings is 1. The van der Waals surface area contributed by atoms with Gasteiger partial charge in [-0.1, -0.05) is 13.8 Å². The Morgan fingerprint density at radius 1 is 1.21 bits per heavy atom. The van der Waals surface area contributed by atoms with Gasteiger partial charge in [-0.05, 0) is 37.3 Å². The first kappa shape index (κ1) is 20.1. The molecule has 7 heteroatoms. The van der Waals surface area contributed by atoms with Gasteiger partial charge in [0.1, 0.15) is 17.0 Å². The minimum atomic E-state index is -0.981. The van der Waals surface area contributed by atoms with Crippen molar-refractivity contribution in [1.82, 2.24) is 4.98 Å². The van der Waals surface area contributed by atoms with Crippen LogP contribution in [0.5, 0.6) is 17.4 Å². The highest BCUT2D eigenvalue weighted by molar-refractivity contribution is 5.99. The Morgan fingerprint density at radius 3 is 2.43 bits per heavy atom. The summed E-state index contributed by atoms with van der Waals surface area (Å²) in [7, 11) is 1.61. The largest absolute Gasteiger partial charge is 0.497 e. The molecule has 1 aromatic carbocycles. The molecule has 2 atom stereocenters. The molecule has 1 saturated carbocycles. The van der Waals surface area contributed by atoms with Gasteiger partial charge in [-0.3, -0.25) is 4.79 Å². The summed E-state index contributed by atoms with van der Waals surface area (Å²) in [6, 6.07) is 10.6. The summed E-state index contributed by atoms with van der Waals surface area (Å²) in [5, 5.41) is 2.85. The summed E-state index contributed by atoms with van der Waals surface area (Å²) < 4.78 is 16.5. The van der Waals surface area contributed by atoms with Gasteiger partial charge >= 0.3 is 0 Å². The van der Waals surface area contributed by atoms with Crippen LogP contribution < -0.4 is 20.5 Å². The van der Waals surface area contributed by atoms with Gasteiger partial charge < -0.3 is 25.3 Å². The fourth-order valence-corrected chi connectivity index (χ4v) is 3.34. The second kappa shape index (κ2) is 7.77. The third-order valence-electron chi connectivity index (χ3n) is 5.51. The monoisotopic (exact) mass is 385 g/mol. The molecule has 1 aliphatic rings. The lowest BCUT2D eigenvalue weighted by atomic mass is 9.54. The first-order chi connectivity index (χ1) is 13.3. The van der Waals surface area contributed by atoms with Gasteiger partial charge in [0.05, 0.1) is 25.1 Å². The molecule has 1 amide bonds. The predicted octanol–water partition coefficient (Wildman–Crippen LogP) is 3.35. The van der Waals surface area contributed by atoms with E-state index in [2.05, 4.69) is 10.3 Å². The van der Waals surface area contributed by atoms with E-state index in [0.29, 0.717) is 30.3 Å². The quantitative estimate of drug-likeness (QED) is 0.759. The van der Waals surface area contributed by atoms with Gasteiger partial charge in [-0.25, -0.2) is 4.98 Å². The van der Waals surface area contributed by atoms with Crippen molar-refractivity contribution in [2.75, 3.05) is 19.0 Å². The molecule has 1 aliphatic carbocycles. The van der Waals surface area contributed by atoms with Crippen LogP contribution in [-0.2, 0) is 9.53 Å². The van der Waals surface area contributed by atoms with Gasteiger partial charge in [-0.15, -0.1) is 0 Å². The number of nitrogens with zero attached hydrogens (tertiary/aromatic N) is 1. The maximum absolute atomic E-state index is 12.8. The molecule has 7 nitrogen and oxygen atoms in total. The number of nitrogens with two attached hydrogens (primary N) is 1. The number of nitrogens with one attached hydrogen (secondary N) is 1. The highest BCUT2D eigenvalue weighted by atomic mass is 16.5. The summed E-state index contributed by atoms with van der Waals surface area (Å²) in [6.45, 7) is 6.46. The van der Waals surface area contributed by atoms with Crippen molar-refractivity contribution in [2.45, 2.75) is 38.8 Å². The number of carbonyl (C=O) groups excluding carboxylic acids is 1. The molecular formula is C21H27N3O4. The van der Waals surface area contributed by atoms with Crippen molar-refractivity contribution in [3.8, 4) is 17.4 Å². The zero-order valence-corrected chi connectivity index (χ0v) is 16.7. The number of ether oxygens (including phenoxy) is 3. The van der Waals surface area contributed by atoms with E-state index in [1.165, 1.54) is 0 Å². The Balaban J connectivity index is 1.61. The van der Waals surface area contributed by atoms with E-state index in [-0.39, 0.29) is 12.0 Å². The number of methoxy groups -OCH3 is 1. The normalized spacial score (nSPS) is 22.8. The van der Waals surface area contributed by atoms with Crippen LogP contribution in [0.2, 0.25) is 0 Å². The van der Waals surface area contributed by atoms with Crippen LogP contribution in [0, 0.1) is 5.41 Å². The van der Waals surface area contributed by atoms with Gasteiger partial charge in [0, 0.05) is 24.5 Å². The van der Waals surface area contributed by atoms with Crippen LogP contribution in [-0.4, -0.2) is 36.3 Å². The molecule has 2 aromatic rings. The molecule has 0 aliphatic heterocycles. The smallest absolute Gasteiger partial charge is 0.245 e. The zero-order chi connectivity index (χ0) is 20.4. The maximum Gasteiger partial charge on any atom is 0.245 e. The molecule has 28 heavy (non-hydrogen) atoms. The molecule has 2 unspecified atom stereocenters. The highest BCUT2D eigenvalue weighted by Gasteiger charge is 2.62. The Morgan fingerprint density at radius 2 is 1.89 bits per heavy atom. The number of rotatable bonds is 7. The molecule has 0 bridgehead atoms. The van der Waals surface area contributed by atoms with E-state index < -0.39 is 11.0 Å². The number of carbonyl (C=O) groups is 1. The third-order valence-corrected chi connectivity index (χ3v) is 5.51. The van der Waals surface area contributed by atoms with Crippen LogP contribution in [0.4, 0.5) is 5.69 Å². The van der Waals surface area contributed by atoms with Crippen LogP contribution in [0.3, 0.4) is 0 Å². The average molecular weight is 385 g/mol. The molecule has 1 heterocycles. The van der Waals surface area contributed by atoms with Crippen LogP contribution in [0.15, 0.2) is 42.6 Å². The topological polar surface area (TPSA) is 95.7 Å². The number of anilines is 1. The SMILES string of the molecule is CCOC1CC(N)(C(=O)Nc2ccc(Oc3ccc(OC)cc3)nc2)C1(C)C. The van der Waals surface area contributed by atoms with Crippen molar-refractivity contribution in [1.29, 1.82) is 0 Å². The summed E-state index contributed by atoms with van der Waals surface area (Å²) in [6.07, 6.45) is 2.02. The summed E-state index contributed by atoms with van der Waals surface area (Å²) in [4.78, 5) is 17.0. The van der Waals surface area contributed by atoms with Gasteiger partial charge in [0.15, 0.2) is 0 Å². The van der Waals surface area contributed by atoms with Gasteiger partial charge in [0.2, 0.25) is 11.8 Å². The van der Waals surface area contributed by atoms with Crippen LogP contribution in [0.1, 0.15) is 27.2 Å².